The van der Waals surface area contributed by atoms with E-state index in [2.05, 4.69) is 31.0 Å². The number of rotatable bonds is 3. The van der Waals surface area contributed by atoms with Gasteiger partial charge in [-0.1, -0.05) is 18.2 Å². The minimum absolute atomic E-state index is 0.230. The molecule has 2 aromatic carbocycles. The van der Waals surface area contributed by atoms with Gasteiger partial charge in [0.05, 0.1) is 0 Å². The van der Waals surface area contributed by atoms with Gasteiger partial charge < -0.3 is 5.32 Å². The lowest BCUT2D eigenvalue weighted by Gasteiger charge is -2.11. The maximum Gasteiger partial charge on any atom is 0.123 e. The molecule has 0 spiro atoms. The fourth-order valence-corrected chi connectivity index (χ4v) is 1.86. The molecule has 0 aliphatic heterocycles. The van der Waals surface area contributed by atoms with Crippen LogP contribution in [-0.4, -0.2) is 0 Å². The number of hydrogen-bond donors (Lipinski definition) is 1. The highest BCUT2D eigenvalue weighted by Crippen LogP contribution is 2.24. The highest BCUT2D eigenvalue weighted by Gasteiger charge is 2.01. The number of halogens is 1. The third kappa shape index (κ3) is 2.77. The van der Waals surface area contributed by atoms with Crippen LogP contribution in [0, 0.1) is 12.7 Å². The number of nitrogens with one attached hydrogen (secondary N) is 1. The van der Waals surface area contributed by atoms with Crippen LogP contribution in [0.5, 0.6) is 0 Å². The van der Waals surface area contributed by atoms with Crippen molar-refractivity contribution in [1.82, 2.24) is 0 Å². The molecule has 0 saturated carbocycles. The van der Waals surface area contributed by atoms with E-state index in [1.54, 1.807) is 12.1 Å². The number of aryl methyl sites for hydroxylation is 1. The van der Waals surface area contributed by atoms with Gasteiger partial charge in [0, 0.05) is 11.4 Å². The van der Waals surface area contributed by atoms with Crippen molar-refractivity contribution in [3.63, 3.8) is 0 Å². The molecule has 92 valence electrons. The zero-order chi connectivity index (χ0) is 13.1. The Morgan fingerprint density at radius 2 is 1.67 bits per heavy atom. The summed E-state index contributed by atoms with van der Waals surface area (Å²) in [6, 6.07) is 12.4. The summed E-state index contributed by atoms with van der Waals surface area (Å²) in [5.41, 5.74) is 5.22. The zero-order valence-electron chi connectivity index (χ0n) is 10.6. The van der Waals surface area contributed by atoms with Crippen molar-refractivity contribution in [2.45, 2.75) is 13.8 Å². The topological polar surface area (TPSA) is 12.0 Å². The molecular formula is C16H16FN. The van der Waals surface area contributed by atoms with E-state index in [1.165, 1.54) is 17.7 Å². The van der Waals surface area contributed by atoms with E-state index < -0.39 is 0 Å². The fraction of sp³-hybridized carbons (Fsp3) is 0.125. The van der Waals surface area contributed by atoms with Crippen LogP contribution in [0.2, 0.25) is 0 Å². The van der Waals surface area contributed by atoms with Crippen LogP contribution in [0.3, 0.4) is 0 Å². The van der Waals surface area contributed by atoms with E-state index in [-0.39, 0.29) is 5.82 Å². The molecule has 0 fully saturated rings. The molecule has 0 amide bonds. The molecule has 0 unspecified atom stereocenters. The third-order valence-electron chi connectivity index (χ3n) is 2.83. The van der Waals surface area contributed by atoms with Crippen molar-refractivity contribution in [3.8, 4) is 0 Å². The van der Waals surface area contributed by atoms with Crippen molar-refractivity contribution >= 4 is 16.9 Å². The summed E-state index contributed by atoms with van der Waals surface area (Å²) < 4.78 is 12.8. The molecule has 0 bridgehead atoms. The van der Waals surface area contributed by atoms with Gasteiger partial charge in [0.1, 0.15) is 5.82 Å². The first-order chi connectivity index (χ1) is 8.56. The molecule has 0 radical (unpaired) electrons. The van der Waals surface area contributed by atoms with Gasteiger partial charge in [-0.05, 0) is 61.4 Å². The van der Waals surface area contributed by atoms with Crippen LogP contribution in [-0.2, 0) is 0 Å². The third-order valence-corrected chi connectivity index (χ3v) is 2.83. The summed E-state index contributed by atoms with van der Waals surface area (Å²) in [7, 11) is 0. The van der Waals surface area contributed by atoms with E-state index >= 15 is 0 Å². The predicted octanol–water partition coefficient (Wildman–Crippen LogP) is 4.91. The first-order valence-corrected chi connectivity index (χ1v) is 5.85. The largest absolute Gasteiger partial charge is 0.356 e. The predicted molar refractivity (Wildman–Crippen MR) is 75.6 cm³/mol. The summed E-state index contributed by atoms with van der Waals surface area (Å²) in [5.74, 6) is -0.230. The van der Waals surface area contributed by atoms with Gasteiger partial charge in [-0.2, -0.15) is 0 Å². The van der Waals surface area contributed by atoms with Gasteiger partial charge in [-0.25, -0.2) is 4.39 Å². The molecule has 1 nitrogen and oxygen atoms in total. The molecule has 0 aliphatic rings. The Labute approximate surface area is 107 Å². The molecule has 0 saturated heterocycles. The molecule has 2 heteroatoms. The SMILES string of the molecule is C=C(C)c1cc(Nc2ccc(F)cc2)ccc1C. The van der Waals surface area contributed by atoms with E-state index in [1.807, 2.05) is 13.0 Å². The molecule has 18 heavy (non-hydrogen) atoms. The molecule has 0 atom stereocenters. The van der Waals surface area contributed by atoms with Crippen molar-refractivity contribution in [3.05, 3.63) is 66.0 Å². The molecule has 0 aromatic heterocycles. The van der Waals surface area contributed by atoms with Gasteiger partial charge in [0.2, 0.25) is 0 Å². The van der Waals surface area contributed by atoms with Crippen LogP contribution in [0.4, 0.5) is 15.8 Å². The monoisotopic (exact) mass is 241 g/mol. The average molecular weight is 241 g/mol. The minimum atomic E-state index is -0.230. The number of anilines is 2. The van der Waals surface area contributed by atoms with E-state index in [4.69, 9.17) is 0 Å². The Morgan fingerprint density at radius 3 is 2.28 bits per heavy atom. The summed E-state index contributed by atoms with van der Waals surface area (Å²) in [5, 5.41) is 3.25. The van der Waals surface area contributed by atoms with Crippen molar-refractivity contribution < 1.29 is 4.39 Å². The fourth-order valence-electron chi connectivity index (χ4n) is 1.86. The van der Waals surface area contributed by atoms with Crippen molar-refractivity contribution in [2.24, 2.45) is 0 Å². The minimum Gasteiger partial charge on any atom is -0.356 e. The number of allylic oxidation sites excluding steroid dienone is 1. The van der Waals surface area contributed by atoms with Crippen molar-refractivity contribution in [1.29, 1.82) is 0 Å². The van der Waals surface area contributed by atoms with Gasteiger partial charge in [0.15, 0.2) is 0 Å². The van der Waals surface area contributed by atoms with E-state index in [0.29, 0.717) is 0 Å². The Bertz CT molecular complexity index is 570. The first-order valence-electron chi connectivity index (χ1n) is 5.85. The lowest BCUT2D eigenvalue weighted by Crippen LogP contribution is -1.93. The maximum absolute atomic E-state index is 12.8. The normalized spacial score (nSPS) is 10.2. The van der Waals surface area contributed by atoms with E-state index in [0.717, 1.165) is 22.5 Å². The highest BCUT2D eigenvalue weighted by molar-refractivity contribution is 5.70. The van der Waals surface area contributed by atoms with Gasteiger partial charge >= 0.3 is 0 Å². The highest BCUT2D eigenvalue weighted by atomic mass is 19.1. The molecule has 1 N–H and O–H groups in total. The number of hydrogen-bond acceptors (Lipinski definition) is 1. The standard InChI is InChI=1S/C16H16FN/c1-11(2)16-10-15(7-4-12(16)3)18-14-8-5-13(17)6-9-14/h4-10,18H,1H2,2-3H3. The summed E-state index contributed by atoms with van der Waals surface area (Å²) in [6.07, 6.45) is 0. The molecule has 2 aromatic rings. The Kier molecular flexibility index (Phi) is 3.47. The lowest BCUT2D eigenvalue weighted by atomic mass is 10.0. The maximum atomic E-state index is 12.8. The van der Waals surface area contributed by atoms with Crippen LogP contribution >= 0.6 is 0 Å². The molecule has 2 rings (SSSR count). The summed E-state index contributed by atoms with van der Waals surface area (Å²) in [6.45, 7) is 8.02. The molecule has 0 heterocycles. The van der Waals surface area contributed by atoms with Gasteiger partial charge in [-0.15, -0.1) is 0 Å². The van der Waals surface area contributed by atoms with Crippen LogP contribution in [0.1, 0.15) is 18.1 Å². The molecular weight excluding hydrogens is 225 g/mol. The van der Waals surface area contributed by atoms with Crippen molar-refractivity contribution in [2.75, 3.05) is 5.32 Å². The van der Waals surface area contributed by atoms with Crippen LogP contribution in [0.15, 0.2) is 49.0 Å². The van der Waals surface area contributed by atoms with Gasteiger partial charge in [-0.3, -0.25) is 0 Å². The van der Waals surface area contributed by atoms with Crippen LogP contribution < -0.4 is 5.32 Å². The lowest BCUT2D eigenvalue weighted by molar-refractivity contribution is 0.628. The first kappa shape index (κ1) is 12.4. The second kappa shape index (κ2) is 5.05. The second-order valence-electron chi connectivity index (χ2n) is 4.44. The summed E-state index contributed by atoms with van der Waals surface area (Å²) in [4.78, 5) is 0. The Morgan fingerprint density at radius 1 is 1.06 bits per heavy atom. The number of benzene rings is 2. The van der Waals surface area contributed by atoms with Crippen LogP contribution in [0.25, 0.3) is 5.57 Å². The Balaban J connectivity index is 2.27. The smallest absolute Gasteiger partial charge is 0.123 e. The molecule has 0 aliphatic carbocycles. The summed E-state index contributed by atoms with van der Waals surface area (Å²) >= 11 is 0. The quantitative estimate of drug-likeness (QED) is 0.805. The van der Waals surface area contributed by atoms with Gasteiger partial charge in [0.25, 0.3) is 0 Å². The van der Waals surface area contributed by atoms with E-state index in [9.17, 15) is 4.39 Å². The zero-order valence-corrected chi connectivity index (χ0v) is 10.6. The Hall–Kier alpha value is -2.09. The second-order valence-corrected chi connectivity index (χ2v) is 4.44. The average Bonchev–Trinajstić information content (AvgIpc) is 2.34.